The molecule has 34 heavy (non-hydrogen) atoms. The molecule has 0 saturated heterocycles. The van der Waals surface area contributed by atoms with Gasteiger partial charge in [-0.3, -0.25) is 30.7 Å². The Morgan fingerprint density at radius 2 is 1.82 bits per heavy atom. The lowest BCUT2D eigenvalue weighted by atomic mass is 10.0. The molecule has 0 aromatic carbocycles. The number of carbonyl (C=O) groups is 3. The molecule has 10 nitrogen and oxygen atoms in total. The third-order valence-electron chi connectivity index (χ3n) is 4.17. The smallest absolute Gasteiger partial charge is 0.338 e. The summed E-state index contributed by atoms with van der Waals surface area (Å²) in [5.41, 5.74) is 4.29. The normalized spacial score (nSPS) is 11.0. The standard InChI is InChI=1S/C20H18F3N7O3S/c1-3-25-19(33)28-16-5-13(18-27-15(9-34-18)20(21,22)23)14(8-26-16)11-4-12(7-24-6-11)17(32)30-29-10(2)31/h4-9H,3H2,1-2H3,(H,29,31)(H,30,32)(H2,25,26,28,33). The number of hydrogen-bond donors (Lipinski definition) is 4. The topological polar surface area (TPSA) is 138 Å². The number of carbonyl (C=O) groups excluding carboxylic acids is 3. The summed E-state index contributed by atoms with van der Waals surface area (Å²) in [5.74, 6) is -1.05. The van der Waals surface area contributed by atoms with E-state index in [1.54, 1.807) is 6.92 Å². The Morgan fingerprint density at radius 3 is 2.47 bits per heavy atom. The predicted octanol–water partition coefficient (Wildman–Crippen LogP) is 3.21. The molecule has 14 heteroatoms. The van der Waals surface area contributed by atoms with Crippen LogP contribution in [0.15, 0.2) is 36.1 Å². The highest BCUT2D eigenvalue weighted by molar-refractivity contribution is 7.13. The summed E-state index contributed by atoms with van der Waals surface area (Å²) in [6.45, 7) is 3.29. The van der Waals surface area contributed by atoms with Crippen molar-refractivity contribution >= 4 is 35.0 Å². The van der Waals surface area contributed by atoms with Gasteiger partial charge in [0.05, 0.1) is 5.56 Å². The Labute approximate surface area is 195 Å². The van der Waals surface area contributed by atoms with Crippen LogP contribution < -0.4 is 21.5 Å². The van der Waals surface area contributed by atoms with E-state index in [0.717, 1.165) is 16.7 Å². The first kappa shape index (κ1) is 24.6. The Hall–Kier alpha value is -4.07. The lowest BCUT2D eigenvalue weighted by molar-refractivity contribution is -0.140. The Morgan fingerprint density at radius 1 is 1.06 bits per heavy atom. The molecule has 0 bridgehead atoms. The van der Waals surface area contributed by atoms with E-state index >= 15 is 0 Å². The van der Waals surface area contributed by atoms with Crippen molar-refractivity contribution in [2.45, 2.75) is 20.0 Å². The number of urea groups is 1. The molecule has 0 saturated carbocycles. The van der Waals surface area contributed by atoms with Gasteiger partial charge >= 0.3 is 12.2 Å². The summed E-state index contributed by atoms with van der Waals surface area (Å²) >= 11 is 0.764. The fourth-order valence-electron chi connectivity index (χ4n) is 2.71. The van der Waals surface area contributed by atoms with E-state index in [4.69, 9.17) is 0 Å². The maximum atomic E-state index is 13.1. The number of nitrogens with zero attached hydrogens (tertiary/aromatic N) is 3. The van der Waals surface area contributed by atoms with Gasteiger partial charge in [-0.1, -0.05) is 0 Å². The van der Waals surface area contributed by atoms with Crippen molar-refractivity contribution in [1.82, 2.24) is 31.1 Å². The number of hydrogen-bond acceptors (Lipinski definition) is 7. The molecule has 178 valence electrons. The maximum Gasteiger partial charge on any atom is 0.434 e. The number of amides is 4. The molecule has 3 heterocycles. The first-order valence-electron chi connectivity index (χ1n) is 9.68. The van der Waals surface area contributed by atoms with Crippen molar-refractivity contribution in [1.29, 1.82) is 0 Å². The number of rotatable bonds is 5. The van der Waals surface area contributed by atoms with Crippen molar-refractivity contribution < 1.29 is 27.6 Å². The van der Waals surface area contributed by atoms with E-state index in [9.17, 15) is 27.6 Å². The minimum atomic E-state index is -4.63. The summed E-state index contributed by atoms with van der Waals surface area (Å²) in [7, 11) is 0. The molecule has 3 aromatic rings. The largest absolute Gasteiger partial charge is 0.434 e. The summed E-state index contributed by atoms with van der Waals surface area (Å²) in [6.07, 6.45) is -0.653. The molecule has 4 N–H and O–H groups in total. The maximum absolute atomic E-state index is 13.1. The lowest BCUT2D eigenvalue weighted by Crippen LogP contribution is -2.40. The Kier molecular flexibility index (Phi) is 7.40. The third-order valence-corrected chi connectivity index (χ3v) is 5.05. The number of hydrazine groups is 1. The second kappa shape index (κ2) is 10.2. The summed E-state index contributed by atoms with van der Waals surface area (Å²) in [6, 6.07) is 2.27. The summed E-state index contributed by atoms with van der Waals surface area (Å²) < 4.78 is 39.4. The van der Waals surface area contributed by atoms with Gasteiger partial charge in [0.1, 0.15) is 10.8 Å². The van der Waals surface area contributed by atoms with Gasteiger partial charge in [-0.05, 0) is 19.1 Å². The molecule has 0 aliphatic carbocycles. The molecule has 0 radical (unpaired) electrons. The summed E-state index contributed by atoms with van der Waals surface area (Å²) in [4.78, 5) is 47.0. The molecule has 0 unspecified atom stereocenters. The van der Waals surface area contributed by atoms with Crippen molar-refractivity contribution in [3.8, 4) is 21.7 Å². The quantitative estimate of drug-likeness (QED) is 0.403. The Balaban J connectivity index is 2.05. The van der Waals surface area contributed by atoms with Gasteiger partial charge in [0.15, 0.2) is 5.69 Å². The lowest BCUT2D eigenvalue weighted by Gasteiger charge is -2.12. The molecular weight excluding hydrogens is 475 g/mol. The zero-order valence-electron chi connectivity index (χ0n) is 17.8. The van der Waals surface area contributed by atoms with Crippen molar-refractivity contribution in [2.24, 2.45) is 0 Å². The molecule has 0 spiro atoms. The van der Waals surface area contributed by atoms with Crippen LogP contribution in [0.3, 0.4) is 0 Å². The predicted molar refractivity (Wildman–Crippen MR) is 118 cm³/mol. The number of pyridine rings is 2. The molecule has 0 fully saturated rings. The highest BCUT2D eigenvalue weighted by atomic mass is 32.1. The van der Waals surface area contributed by atoms with Gasteiger partial charge in [0.2, 0.25) is 5.91 Å². The van der Waals surface area contributed by atoms with E-state index in [1.165, 1.54) is 37.6 Å². The minimum Gasteiger partial charge on any atom is -0.338 e. The number of alkyl halides is 3. The van der Waals surface area contributed by atoms with Crippen molar-refractivity contribution in [2.75, 3.05) is 11.9 Å². The average molecular weight is 493 g/mol. The first-order valence-corrected chi connectivity index (χ1v) is 10.6. The monoisotopic (exact) mass is 493 g/mol. The van der Waals surface area contributed by atoms with Gasteiger partial charge < -0.3 is 5.32 Å². The SMILES string of the molecule is CCNC(=O)Nc1cc(-c2nc(C(F)(F)F)cs2)c(-c2cncc(C(=O)NNC(C)=O)c2)cn1. The number of anilines is 1. The van der Waals surface area contributed by atoms with Crippen LogP contribution in [0.25, 0.3) is 21.7 Å². The zero-order valence-corrected chi connectivity index (χ0v) is 18.6. The van der Waals surface area contributed by atoms with E-state index in [1.807, 2.05) is 0 Å². The number of nitrogens with one attached hydrogen (secondary N) is 4. The van der Waals surface area contributed by atoms with Crippen LogP contribution in [0.1, 0.15) is 29.9 Å². The van der Waals surface area contributed by atoms with Crippen LogP contribution in [0.2, 0.25) is 0 Å². The van der Waals surface area contributed by atoms with E-state index in [2.05, 4.69) is 36.4 Å². The molecule has 0 atom stereocenters. The summed E-state index contributed by atoms with van der Waals surface area (Å²) in [5, 5.41) is 5.93. The van der Waals surface area contributed by atoms with Crippen molar-refractivity contribution in [3.05, 3.63) is 47.4 Å². The number of thiazole rings is 1. The van der Waals surface area contributed by atoms with Crippen molar-refractivity contribution in [3.63, 3.8) is 0 Å². The molecule has 3 rings (SSSR count). The molecule has 0 aliphatic rings. The highest BCUT2D eigenvalue weighted by Crippen LogP contribution is 2.38. The fraction of sp³-hybridized carbons (Fsp3) is 0.200. The second-order valence-corrected chi connectivity index (χ2v) is 7.59. The third kappa shape index (κ3) is 6.04. The fourth-order valence-corrected chi connectivity index (χ4v) is 3.56. The second-order valence-electron chi connectivity index (χ2n) is 6.73. The van der Waals surface area contributed by atoms with Crippen LogP contribution in [-0.2, 0) is 11.0 Å². The number of aromatic nitrogens is 3. The van der Waals surface area contributed by atoms with Crippen LogP contribution in [-0.4, -0.2) is 39.3 Å². The molecule has 0 aliphatic heterocycles. The van der Waals surface area contributed by atoms with Crippen LogP contribution in [0.4, 0.5) is 23.8 Å². The molecule has 3 aromatic heterocycles. The van der Waals surface area contributed by atoms with Crippen LogP contribution >= 0.6 is 11.3 Å². The van der Waals surface area contributed by atoms with Crippen LogP contribution in [0.5, 0.6) is 0 Å². The molecule has 4 amide bonds. The Bertz CT molecular complexity index is 1230. The van der Waals surface area contributed by atoms with Gasteiger partial charge in [-0.25, -0.2) is 14.8 Å². The van der Waals surface area contributed by atoms with E-state index in [-0.39, 0.29) is 22.0 Å². The molecular formula is C20H18F3N7O3S. The van der Waals surface area contributed by atoms with Gasteiger partial charge in [0, 0.05) is 54.1 Å². The highest BCUT2D eigenvalue weighted by Gasteiger charge is 2.34. The van der Waals surface area contributed by atoms with E-state index < -0.39 is 29.7 Å². The zero-order chi connectivity index (χ0) is 24.9. The minimum absolute atomic E-state index is 0.0248. The van der Waals surface area contributed by atoms with E-state index in [0.29, 0.717) is 17.7 Å². The van der Waals surface area contributed by atoms with Gasteiger partial charge in [-0.15, -0.1) is 11.3 Å². The average Bonchev–Trinajstić information content (AvgIpc) is 3.28. The van der Waals surface area contributed by atoms with Crippen LogP contribution in [0, 0.1) is 0 Å². The number of halogens is 3. The first-order chi connectivity index (χ1) is 16.1. The van der Waals surface area contributed by atoms with Gasteiger partial charge in [0.25, 0.3) is 5.91 Å². The van der Waals surface area contributed by atoms with Gasteiger partial charge in [-0.2, -0.15) is 13.2 Å².